The summed E-state index contributed by atoms with van der Waals surface area (Å²) < 4.78 is 52.8. The van der Waals surface area contributed by atoms with E-state index < -0.39 is 46.8 Å². The van der Waals surface area contributed by atoms with Crippen LogP contribution in [0.2, 0.25) is 0 Å². The van der Waals surface area contributed by atoms with Gasteiger partial charge in [-0.15, -0.1) is 0 Å². The van der Waals surface area contributed by atoms with Gasteiger partial charge in [0.15, 0.2) is 10.7 Å². The number of pyridine rings is 1. The summed E-state index contributed by atoms with van der Waals surface area (Å²) in [6.45, 7) is 1.72. The monoisotopic (exact) mass is 531 g/mol. The standard InChI is InChI=1S/C24H20F3N5O4S/c1-3-30-22(34)32-21(16-5-4-13(10-28)8-19(16)37(2)36)20-17(6-7-18(20)33)31(23(32)35)15-9-14(11-29-12-15)24(25,26)27/h4-5,8-9,11-12,21H,3,6-7H2,1-2H3,(H,30,34). The molecule has 1 N–H and O–H groups in total. The number of alkyl halides is 3. The van der Waals surface area contributed by atoms with E-state index in [2.05, 4.69) is 10.3 Å². The van der Waals surface area contributed by atoms with Crippen LogP contribution < -0.4 is 10.2 Å². The number of aromatic nitrogens is 1. The number of halogens is 3. The van der Waals surface area contributed by atoms with E-state index in [1.165, 1.54) is 24.5 Å². The highest BCUT2D eigenvalue weighted by atomic mass is 32.2. The molecule has 2 heterocycles. The number of nitriles is 1. The maximum atomic E-state index is 13.8. The van der Waals surface area contributed by atoms with Gasteiger partial charge in [0.05, 0.1) is 29.1 Å². The number of allylic oxidation sites excluding steroid dienone is 1. The number of rotatable bonds is 4. The van der Waals surface area contributed by atoms with Gasteiger partial charge in [0.2, 0.25) is 0 Å². The largest absolute Gasteiger partial charge is 0.612 e. The second-order valence-electron chi connectivity index (χ2n) is 8.26. The molecule has 0 bridgehead atoms. The molecule has 2 atom stereocenters. The number of urea groups is 2. The predicted molar refractivity (Wildman–Crippen MR) is 126 cm³/mol. The number of nitrogens with zero attached hydrogens (tertiary/aromatic N) is 4. The molecule has 1 aliphatic heterocycles. The highest BCUT2D eigenvalue weighted by Gasteiger charge is 2.50. The number of nitrogens with one attached hydrogen (secondary N) is 1. The molecule has 2 unspecified atom stereocenters. The molecule has 0 spiro atoms. The molecule has 192 valence electrons. The summed E-state index contributed by atoms with van der Waals surface area (Å²) in [7, 11) is 0. The zero-order valence-electron chi connectivity index (χ0n) is 19.6. The van der Waals surface area contributed by atoms with Gasteiger partial charge in [0.25, 0.3) is 0 Å². The lowest BCUT2D eigenvalue weighted by Gasteiger charge is -2.41. The molecular weight excluding hydrogens is 511 g/mol. The average Bonchev–Trinajstić information content (AvgIpc) is 3.23. The smallest absolute Gasteiger partial charge is 0.417 e. The number of imide groups is 1. The van der Waals surface area contributed by atoms with Crippen molar-refractivity contribution < 1.29 is 32.1 Å². The minimum Gasteiger partial charge on any atom is -0.612 e. The Hall–Kier alpha value is -3.89. The third kappa shape index (κ3) is 4.65. The Labute approximate surface area is 212 Å². The molecule has 0 saturated heterocycles. The molecule has 1 aromatic heterocycles. The fraction of sp³-hybridized carbons (Fsp3) is 0.292. The van der Waals surface area contributed by atoms with Crippen LogP contribution in [-0.4, -0.2) is 45.1 Å². The van der Waals surface area contributed by atoms with Gasteiger partial charge in [-0.05, 0) is 36.7 Å². The van der Waals surface area contributed by atoms with Gasteiger partial charge in [-0.25, -0.2) is 14.5 Å². The first-order valence-corrected chi connectivity index (χ1v) is 12.6. The van der Waals surface area contributed by atoms with E-state index in [4.69, 9.17) is 0 Å². The maximum Gasteiger partial charge on any atom is 0.417 e. The van der Waals surface area contributed by atoms with Crippen molar-refractivity contribution in [2.45, 2.75) is 36.9 Å². The summed E-state index contributed by atoms with van der Waals surface area (Å²) in [6.07, 6.45) is -1.73. The molecular formula is C24H20F3N5O4S. The first-order chi connectivity index (χ1) is 17.5. The summed E-state index contributed by atoms with van der Waals surface area (Å²) in [5.41, 5.74) is -0.813. The number of benzene rings is 1. The zero-order chi connectivity index (χ0) is 27.1. The van der Waals surface area contributed by atoms with Crippen molar-refractivity contribution in [2.24, 2.45) is 0 Å². The Kier molecular flexibility index (Phi) is 6.98. The minimum atomic E-state index is -4.74. The third-order valence-electron chi connectivity index (χ3n) is 6.00. The number of anilines is 1. The topological polar surface area (TPSA) is 129 Å². The summed E-state index contributed by atoms with van der Waals surface area (Å²) in [6, 6.07) is 3.66. The van der Waals surface area contributed by atoms with Crippen LogP contribution in [0.5, 0.6) is 0 Å². The van der Waals surface area contributed by atoms with Crippen molar-refractivity contribution in [3.05, 3.63) is 64.6 Å². The summed E-state index contributed by atoms with van der Waals surface area (Å²) in [4.78, 5) is 45.6. The number of ketones is 1. The third-order valence-corrected chi connectivity index (χ3v) is 6.98. The fourth-order valence-corrected chi connectivity index (χ4v) is 5.26. The van der Waals surface area contributed by atoms with Crippen molar-refractivity contribution in [2.75, 3.05) is 17.7 Å². The van der Waals surface area contributed by atoms with Gasteiger partial charge in [-0.3, -0.25) is 14.7 Å². The molecule has 37 heavy (non-hydrogen) atoms. The van der Waals surface area contributed by atoms with Crippen LogP contribution in [0.25, 0.3) is 0 Å². The minimum absolute atomic E-state index is 0.0275. The van der Waals surface area contributed by atoms with Gasteiger partial charge in [-0.2, -0.15) is 18.4 Å². The van der Waals surface area contributed by atoms with Crippen LogP contribution in [0.3, 0.4) is 0 Å². The Morgan fingerprint density at radius 1 is 1.27 bits per heavy atom. The lowest BCUT2D eigenvalue weighted by Crippen LogP contribution is -2.55. The molecule has 9 nitrogen and oxygen atoms in total. The van der Waals surface area contributed by atoms with Gasteiger partial charge < -0.3 is 9.87 Å². The highest BCUT2D eigenvalue weighted by Crippen LogP contribution is 2.46. The van der Waals surface area contributed by atoms with E-state index in [9.17, 15) is 37.4 Å². The first-order valence-electron chi connectivity index (χ1n) is 11.1. The molecule has 4 amide bonds. The van der Waals surface area contributed by atoms with Gasteiger partial charge in [0.1, 0.15) is 12.3 Å². The summed E-state index contributed by atoms with van der Waals surface area (Å²) in [5, 5.41) is 11.8. The Bertz CT molecular complexity index is 1370. The van der Waals surface area contributed by atoms with Crippen LogP contribution in [0.4, 0.5) is 28.4 Å². The molecule has 0 saturated carbocycles. The predicted octanol–water partition coefficient (Wildman–Crippen LogP) is 4.04. The van der Waals surface area contributed by atoms with E-state index in [-0.39, 0.29) is 52.4 Å². The van der Waals surface area contributed by atoms with Gasteiger partial charge in [-0.1, -0.05) is 6.07 Å². The number of carbonyl (C=O) groups is 3. The number of hydrogen-bond acceptors (Lipinski definition) is 6. The zero-order valence-corrected chi connectivity index (χ0v) is 20.4. The normalized spacial score (nSPS) is 18.6. The molecule has 0 radical (unpaired) electrons. The van der Waals surface area contributed by atoms with Crippen molar-refractivity contribution >= 4 is 34.7 Å². The second-order valence-corrected chi connectivity index (χ2v) is 9.61. The van der Waals surface area contributed by atoms with Crippen molar-refractivity contribution in [1.29, 1.82) is 5.26 Å². The highest BCUT2D eigenvalue weighted by molar-refractivity contribution is 7.90. The molecule has 4 rings (SSSR count). The molecule has 2 aliphatic rings. The quantitative estimate of drug-likeness (QED) is 0.593. The molecule has 1 aliphatic carbocycles. The summed E-state index contributed by atoms with van der Waals surface area (Å²) >= 11 is -1.68. The van der Waals surface area contributed by atoms with E-state index in [0.29, 0.717) is 6.20 Å². The van der Waals surface area contributed by atoms with Gasteiger partial charge >= 0.3 is 18.2 Å². The van der Waals surface area contributed by atoms with E-state index in [1.807, 2.05) is 6.07 Å². The van der Waals surface area contributed by atoms with Crippen LogP contribution in [0.15, 0.2) is 52.8 Å². The molecule has 1 aromatic carbocycles. The molecule has 2 aromatic rings. The SMILES string of the molecule is CCNC(=O)N1C(=O)N(c2cncc(C(F)(F)F)c2)C2=C(C(=O)CC2)C1c1ccc(C#N)cc1[S+](C)[O-]. The van der Waals surface area contributed by atoms with Crippen LogP contribution >= 0.6 is 0 Å². The Morgan fingerprint density at radius 3 is 2.62 bits per heavy atom. The van der Waals surface area contributed by atoms with E-state index in [0.717, 1.165) is 22.1 Å². The van der Waals surface area contributed by atoms with Crippen molar-refractivity contribution in [3.63, 3.8) is 0 Å². The van der Waals surface area contributed by atoms with Crippen molar-refractivity contribution in [3.8, 4) is 6.07 Å². The number of Topliss-reactive ketones (excluding diaryl/α,β-unsaturated/α-hetero) is 1. The lowest BCUT2D eigenvalue weighted by molar-refractivity contribution is -0.137. The van der Waals surface area contributed by atoms with E-state index >= 15 is 0 Å². The second kappa shape index (κ2) is 9.87. The average molecular weight is 532 g/mol. The van der Waals surface area contributed by atoms with Gasteiger partial charge in [0, 0.05) is 42.1 Å². The Balaban J connectivity index is 1.99. The Morgan fingerprint density at radius 2 is 2.00 bits per heavy atom. The first kappa shape index (κ1) is 26.2. The van der Waals surface area contributed by atoms with Crippen molar-refractivity contribution in [1.82, 2.24) is 15.2 Å². The number of amides is 4. The van der Waals surface area contributed by atoms with Crippen LogP contribution in [-0.2, 0) is 22.1 Å². The maximum absolute atomic E-state index is 13.8. The fourth-order valence-electron chi connectivity index (χ4n) is 4.45. The van der Waals surface area contributed by atoms with E-state index in [1.54, 1.807) is 6.92 Å². The molecule has 13 heteroatoms. The lowest BCUT2D eigenvalue weighted by atomic mass is 9.92. The van der Waals surface area contributed by atoms with Crippen LogP contribution in [0, 0.1) is 11.3 Å². The molecule has 0 fully saturated rings. The number of carbonyl (C=O) groups excluding carboxylic acids is 3. The van der Waals surface area contributed by atoms with Crippen LogP contribution in [0.1, 0.15) is 42.5 Å². The summed E-state index contributed by atoms with van der Waals surface area (Å²) in [5.74, 6) is -0.413. The number of hydrogen-bond donors (Lipinski definition) is 1.